The van der Waals surface area contributed by atoms with E-state index in [1.807, 2.05) is 0 Å². The number of hydrogen-bond donors (Lipinski definition) is 20. The minimum Gasteiger partial charge on any atom is -0.550 e. The number of nitrogens with two attached hydrogens (primary N) is 4. The Morgan fingerprint density at radius 3 is 0.609 bits per heavy atom. The number of aromatic nitrogens is 12. The van der Waals surface area contributed by atoms with Gasteiger partial charge >= 0.3 is 142 Å². The van der Waals surface area contributed by atoms with Crippen LogP contribution in [0.2, 0.25) is 0 Å². The molecular weight excluding hydrogens is 1800 g/mol. The summed E-state index contributed by atoms with van der Waals surface area (Å²) in [6.45, 7) is 0. The van der Waals surface area contributed by atoms with Crippen LogP contribution in [0, 0.1) is 0 Å². The molecule has 53 heteroatoms. The molecule has 12 aromatic rings. The number of amides is 4. The summed E-state index contributed by atoms with van der Waals surface area (Å²) in [5, 5.41) is 89.6. The van der Waals surface area contributed by atoms with Crippen molar-refractivity contribution in [2.45, 2.75) is 127 Å². The fraction of sp³-hybridized carbons (Fsp3) is 0.250. The molecule has 3 unspecified atom stereocenters. The van der Waals surface area contributed by atoms with E-state index in [-0.39, 0.29) is 240 Å². The van der Waals surface area contributed by atoms with Crippen LogP contribution in [0.4, 0.5) is 23.8 Å². The number of hydrogen-bond acceptors (Lipinski definition) is 28. The molecule has 0 radical (unpaired) electrons. The van der Waals surface area contributed by atoms with E-state index in [1.54, 1.807) is 122 Å². The number of nitrogens with one attached hydrogen (secondary N) is 12. The van der Waals surface area contributed by atoms with Gasteiger partial charge in [0.05, 0.1) is 21.5 Å². The second-order valence-electron chi connectivity index (χ2n) is 27.8. The summed E-state index contributed by atoms with van der Waals surface area (Å²) in [7, 11) is 0. The number of rotatable bonds is 36. The van der Waals surface area contributed by atoms with Crippen LogP contribution < -0.4 is 205 Å². The van der Waals surface area contributed by atoms with Crippen LogP contribution in [0.25, 0.3) is 44.1 Å². The Bertz CT molecular complexity index is 5510. The normalized spacial score (nSPS) is 11.1. The van der Waals surface area contributed by atoms with Gasteiger partial charge in [0.15, 0.2) is 0 Å². The number of carbonyl (C=O) groups is 12. The Morgan fingerprint density at radius 1 is 0.293 bits per heavy atom. The van der Waals surface area contributed by atoms with E-state index in [0.29, 0.717) is 95.5 Å². The van der Waals surface area contributed by atoms with E-state index in [9.17, 15) is 97.1 Å². The van der Waals surface area contributed by atoms with Crippen molar-refractivity contribution in [2.24, 2.45) is 0 Å². The molecule has 0 bridgehead atoms. The van der Waals surface area contributed by atoms with E-state index in [2.05, 4.69) is 81.1 Å². The van der Waals surface area contributed by atoms with Crippen LogP contribution in [0.15, 0.2) is 141 Å². The molecule has 4 atom stereocenters. The van der Waals surface area contributed by atoms with Crippen molar-refractivity contribution in [1.29, 1.82) is 0 Å². The molecule has 0 fully saturated rings. The molecule has 0 aliphatic rings. The molecule has 4 aromatic carbocycles. The minimum atomic E-state index is -1.39. The number of anilines is 4. The Hall–Kier alpha value is -12.8. The number of carboxylic acid groups (broad SMARTS) is 8. The second-order valence-corrected chi connectivity index (χ2v) is 27.8. The Morgan fingerprint density at radius 2 is 0.459 bits per heavy atom. The molecule has 0 spiro atoms. The van der Waals surface area contributed by atoms with Crippen molar-refractivity contribution in [3.63, 3.8) is 0 Å². The Balaban J connectivity index is 0.00000171. The van der Waals surface area contributed by atoms with Crippen molar-refractivity contribution in [3.05, 3.63) is 230 Å². The molecule has 8 aromatic heterocycles. The summed E-state index contributed by atoms with van der Waals surface area (Å²) in [5.74, 6) is -13.2. The topological polar surface area (TPSA) is 934 Å². The number of aryl methyl sites for hydroxylation is 8. The molecule has 34 N–H and O–H groups in total. The van der Waals surface area contributed by atoms with Crippen LogP contribution in [-0.4, -0.2) is 203 Å². The predicted molar refractivity (Wildman–Crippen MR) is 451 cm³/mol. The standard InChI is InChI=1S/4C20H21N5O6.4Na.5H2O/c4*21-20-24-16-15(18(29)25-20)12(9-22-16)6-3-10-1-4-11(5-2-10)17(28)23-13(19(30)31)7-8-14(26)27;;;;;;;;;/h4*1-2,4-5,9,13H,3,6-8H2,(H,23,28)(H,26,27)(H,30,31)(H4,21,22,24,25,29);;;;;5*1H2/q;;;;4*+1;;;;;/p-4/t13-;;;;;;;;;;;;/m0............/s1. The molecule has 0 aliphatic heterocycles. The van der Waals surface area contributed by atoms with Crippen LogP contribution >= 0.6 is 0 Å². The predicted octanol–water partition coefficient (Wildman–Crippen LogP) is -18.8. The first-order chi connectivity index (χ1) is 59.0. The summed E-state index contributed by atoms with van der Waals surface area (Å²) in [5.41, 5.74) is 30.2. The maximum absolute atomic E-state index is 12.3. The van der Waals surface area contributed by atoms with Gasteiger partial charge in [0.2, 0.25) is 23.8 Å². The molecule has 688 valence electrons. The van der Waals surface area contributed by atoms with E-state index in [1.165, 1.54) is 0 Å². The number of H-pyrrole nitrogens is 8. The van der Waals surface area contributed by atoms with E-state index >= 15 is 0 Å². The number of aromatic amines is 8. The number of benzene rings is 4. The van der Waals surface area contributed by atoms with Crippen molar-refractivity contribution in [2.75, 3.05) is 22.9 Å². The van der Waals surface area contributed by atoms with Gasteiger partial charge in [-0.3, -0.25) is 58.3 Å². The average Bonchev–Trinajstić information content (AvgIpc) is 1.68. The summed E-state index contributed by atoms with van der Waals surface area (Å²) >= 11 is 0. The van der Waals surface area contributed by atoms with Gasteiger partial charge in [-0.25, -0.2) is 19.2 Å². The Labute approximate surface area is 836 Å². The van der Waals surface area contributed by atoms with Crippen LogP contribution in [0.1, 0.15) is 137 Å². The summed E-state index contributed by atoms with van der Waals surface area (Å²) in [6.07, 6.45) is 8.33. The van der Waals surface area contributed by atoms with Crippen molar-refractivity contribution in [3.8, 4) is 0 Å². The summed E-state index contributed by atoms with van der Waals surface area (Å²) in [6, 6.07) is 20.9. The van der Waals surface area contributed by atoms with Gasteiger partial charge in [0.25, 0.3) is 45.9 Å². The first kappa shape index (κ1) is 120. The quantitative estimate of drug-likeness (QED) is 0.0162. The molecular formula is C80H90N20Na4O29. The van der Waals surface area contributed by atoms with Crippen LogP contribution in [0.5, 0.6) is 0 Å². The maximum atomic E-state index is 12.3. The smallest absolute Gasteiger partial charge is 0.550 e. The van der Waals surface area contributed by atoms with E-state index in [4.69, 9.17) is 43.4 Å². The monoisotopic (exact) mass is 1890 g/mol. The van der Waals surface area contributed by atoms with Gasteiger partial charge in [-0.1, -0.05) is 48.5 Å². The van der Waals surface area contributed by atoms with E-state index in [0.717, 1.165) is 44.5 Å². The first-order valence-corrected chi connectivity index (χ1v) is 37.7. The van der Waals surface area contributed by atoms with E-state index < -0.39 is 121 Å². The Kier molecular flexibility index (Phi) is 51.4. The van der Waals surface area contributed by atoms with Crippen molar-refractivity contribution < 1.29 is 244 Å². The number of fused-ring (bicyclic) bond motifs is 4. The zero-order valence-electron chi connectivity index (χ0n) is 71.7. The van der Waals surface area contributed by atoms with Gasteiger partial charge in [-0.15, -0.1) is 0 Å². The third kappa shape index (κ3) is 35.4. The fourth-order valence-corrected chi connectivity index (χ4v) is 12.7. The number of aliphatic carboxylic acids is 8. The molecule has 4 amide bonds. The molecule has 49 nitrogen and oxygen atoms in total. The zero-order valence-corrected chi connectivity index (χ0v) is 79.7. The molecule has 8 heterocycles. The molecule has 0 saturated carbocycles. The van der Waals surface area contributed by atoms with Gasteiger partial charge in [0.1, 0.15) is 46.8 Å². The maximum Gasteiger partial charge on any atom is 1.00 e. The minimum absolute atomic E-state index is 0. The third-order valence-corrected chi connectivity index (χ3v) is 19.1. The first-order valence-electron chi connectivity index (χ1n) is 37.7. The van der Waals surface area contributed by atoms with Gasteiger partial charge < -0.3 is 152 Å². The number of nitrogen functional groups attached to an aromatic ring is 4. The average molecular weight is 1890 g/mol. The number of carbonyl (C=O) groups excluding carboxylic acids is 8. The van der Waals surface area contributed by atoms with Gasteiger partial charge in [-0.05, 0) is 196 Å². The van der Waals surface area contributed by atoms with Crippen molar-refractivity contribution in [1.82, 2.24) is 81.1 Å². The SMILES string of the molecule is Nc1nc2[nH]cc(CCc3ccc(C(=O)NC(CCC(=O)[O-])C(=O)O)cc3)c2c(=O)[nH]1.Nc1nc2[nH]cc(CCc3ccc(C(=O)NC(CCC(=O)[O-])C(=O)O)cc3)c2c(=O)[nH]1.Nc1nc2[nH]cc(CCc3ccc(C(=O)NC(CCC(=O)[O-])C(=O)O)cc3)c2c(=O)[nH]1.Nc1nc2[nH]cc(CCc3ccc(C(=O)N[C@@H](CCC(=O)[O-])C(=O)O)cc3)c2c(=O)[nH]1.O.O.O.O.O.[Na+].[Na+].[Na+].[Na+]. The number of carboxylic acids is 8. The largest absolute Gasteiger partial charge is 1.00 e. The molecule has 133 heavy (non-hydrogen) atoms. The van der Waals surface area contributed by atoms with Gasteiger partial charge in [-0.2, -0.15) is 19.9 Å². The summed E-state index contributed by atoms with van der Waals surface area (Å²) in [4.78, 5) is 222. The molecule has 0 saturated heterocycles. The zero-order chi connectivity index (χ0) is 90.2. The van der Waals surface area contributed by atoms with Crippen LogP contribution in [-0.2, 0) is 89.7 Å². The van der Waals surface area contributed by atoms with Gasteiger partial charge in [0, 0.05) is 70.9 Å². The number of nitrogens with zero attached hydrogens (tertiary/aromatic N) is 4. The molecule has 12 rings (SSSR count). The second kappa shape index (κ2) is 56.8. The van der Waals surface area contributed by atoms with Crippen LogP contribution in [0.3, 0.4) is 0 Å². The van der Waals surface area contributed by atoms with Crippen molar-refractivity contribution >= 4 is 139 Å². The summed E-state index contributed by atoms with van der Waals surface area (Å²) < 4.78 is 0. The fourth-order valence-electron chi connectivity index (χ4n) is 12.7. The molecule has 0 aliphatic carbocycles. The third-order valence-electron chi connectivity index (χ3n) is 19.1.